The Morgan fingerprint density at radius 3 is 2.85 bits per heavy atom. The molecule has 0 amide bonds. The fourth-order valence-corrected chi connectivity index (χ4v) is 2.70. The van der Waals surface area contributed by atoms with Gasteiger partial charge in [-0.25, -0.2) is 4.98 Å². The molecule has 2 N–H and O–H groups in total. The van der Waals surface area contributed by atoms with Gasteiger partial charge in [0.15, 0.2) is 11.5 Å². The lowest BCUT2D eigenvalue weighted by Gasteiger charge is -2.18. The first-order valence-electron chi connectivity index (χ1n) is 6.61. The zero-order valence-corrected chi connectivity index (χ0v) is 12.8. The molecular weight excluding hydrogens is 272 g/mol. The number of ether oxygens (including phenoxy) is 1. The lowest BCUT2D eigenvalue weighted by Crippen LogP contribution is -2.23. The van der Waals surface area contributed by atoms with Gasteiger partial charge in [0.1, 0.15) is 0 Å². The number of aromatic hydroxyl groups is 1. The van der Waals surface area contributed by atoms with Crippen molar-refractivity contribution >= 4 is 11.3 Å². The Morgan fingerprint density at radius 1 is 1.40 bits per heavy atom. The molecule has 0 saturated heterocycles. The third-order valence-corrected chi connectivity index (χ3v) is 4.31. The van der Waals surface area contributed by atoms with E-state index in [2.05, 4.69) is 24.1 Å². The summed E-state index contributed by atoms with van der Waals surface area (Å²) in [5, 5.41) is 16.2. The largest absolute Gasteiger partial charge is 0.504 e. The molecule has 1 aromatic carbocycles. The van der Waals surface area contributed by atoms with E-state index in [1.54, 1.807) is 24.5 Å². The third-order valence-electron chi connectivity index (χ3n) is 3.31. The van der Waals surface area contributed by atoms with Gasteiger partial charge in [-0.05, 0) is 24.6 Å². The molecule has 2 unspecified atom stereocenters. The van der Waals surface area contributed by atoms with Gasteiger partial charge < -0.3 is 15.2 Å². The average Bonchev–Trinajstić information content (AvgIpc) is 2.99. The number of hydrogen-bond donors (Lipinski definition) is 2. The van der Waals surface area contributed by atoms with E-state index in [1.807, 2.05) is 23.7 Å². The van der Waals surface area contributed by atoms with Crippen molar-refractivity contribution in [1.29, 1.82) is 0 Å². The van der Waals surface area contributed by atoms with E-state index < -0.39 is 0 Å². The Labute approximate surface area is 123 Å². The first-order chi connectivity index (χ1) is 9.61. The highest BCUT2D eigenvalue weighted by Crippen LogP contribution is 2.29. The first-order valence-corrected chi connectivity index (χ1v) is 7.49. The van der Waals surface area contributed by atoms with Crippen molar-refractivity contribution in [3.8, 4) is 11.5 Å². The summed E-state index contributed by atoms with van der Waals surface area (Å²) in [4.78, 5) is 4.33. The summed E-state index contributed by atoms with van der Waals surface area (Å²) >= 11 is 1.68. The van der Waals surface area contributed by atoms with Gasteiger partial charge in [0.2, 0.25) is 0 Å². The number of phenols is 1. The molecule has 2 aromatic rings. The van der Waals surface area contributed by atoms with Crippen molar-refractivity contribution in [2.45, 2.75) is 25.8 Å². The normalized spacial score (nSPS) is 13.9. The molecule has 1 aromatic heterocycles. The van der Waals surface area contributed by atoms with Crippen LogP contribution in [-0.4, -0.2) is 23.7 Å². The first kappa shape index (κ1) is 14.8. The van der Waals surface area contributed by atoms with Gasteiger partial charge in [-0.15, -0.1) is 11.3 Å². The maximum atomic E-state index is 9.61. The van der Waals surface area contributed by atoms with E-state index in [9.17, 15) is 5.11 Å². The van der Waals surface area contributed by atoms with Crippen molar-refractivity contribution in [1.82, 2.24) is 10.3 Å². The molecule has 2 atom stereocenters. The summed E-state index contributed by atoms with van der Waals surface area (Å²) in [6.45, 7) is 5.12. The van der Waals surface area contributed by atoms with Crippen molar-refractivity contribution in [3.05, 3.63) is 40.3 Å². The van der Waals surface area contributed by atoms with Crippen molar-refractivity contribution < 1.29 is 9.84 Å². The monoisotopic (exact) mass is 292 g/mol. The second-order valence-corrected chi connectivity index (χ2v) is 5.76. The van der Waals surface area contributed by atoms with Crippen LogP contribution in [0.2, 0.25) is 0 Å². The number of methoxy groups -OCH3 is 1. The zero-order valence-electron chi connectivity index (χ0n) is 12.0. The zero-order chi connectivity index (χ0) is 14.5. The van der Waals surface area contributed by atoms with E-state index in [0.717, 1.165) is 17.1 Å². The molecule has 0 aliphatic carbocycles. The number of benzene rings is 1. The molecule has 0 fully saturated rings. The predicted molar refractivity (Wildman–Crippen MR) is 81.6 cm³/mol. The number of nitrogens with one attached hydrogen (secondary N) is 1. The minimum absolute atomic E-state index is 0.166. The van der Waals surface area contributed by atoms with E-state index in [0.29, 0.717) is 11.7 Å². The highest BCUT2D eigenvalue weighted by molar-refractivity contribution is 7.09. The summed E-state index contributed by atoms with van der Waals surface area (Å²) in [7, 11) is 1.56. The fourth-order valence-electron chi connectivity index (χ4n) is 2.00. The topological polar surface area (TPSA) is 54.4 Å². The minimum Gasteiger partial charge on any atom is -0.504 e. The molecule has 0 aliphatic rings. The fraction of sp³-hybridized carbons (Fsp3) is 0.400. The van der Waals surface area contributed by atoms with Crippen molar-refractivity contribution in [3.63, 3.8) is 0 Å². The molecule has 108 valence electrons. The minimum atomic E-state index is 0.166. The van der Waals surface area contributed by atoms with Gasteiger partial charge in [0.05, 0.1) is 12.1 Å². The van der Waals surface area contributed by atoms with Crippen LogP contribution in [0.1, 0.15) is 36.4 Å². The molecule has 20 heavy (non-hydrogen) atoms. The van der Waals surface area contributed by atoms with Crippen molar-refractivity contribution in [2.75, 3.05) is 13.7 Å². The summed E-state index contributed by atoms with van der Waals surface area (Å²) < 4.78 is 5.13. The Morgan fingerprint density at radius 2 is 2.20 bits per heavy atom. The Hall–Kier alpha value is -1.59. The van der Waals surface area contributed by atoms with Crippen LogP contribution in [0.15, 0.2) is 29.8 Å². The maximum absolute atomic E-state index is 9.61. The second kappa shape index (κ2) is 6.72. The number of thiazole rings is 1. The number of nitrogens with zero attached hydrogens (tertiary/aromatic N) is 1. The van der Waals surface area contributed by atoms with Crippen LogP contribution in [0.4, 0.5) is 0 Å². The molecule has 0 bridgehead atoms. The standard InChI is InChI=1S/C15H20N2O2S/c1-10(15-16-6-7-20-15)9-17-11(2)12-4-5-13(18)14(8-12)19-3/h4-8,10-11,17-18H,9H2,1-3H3. The van der Waals surface area contributed by atoms with E-state index >= 15 is 0 Å². The van der Waals surface area contributed by atoms with E-state index in [1.165, 1.54) is 0 Å². The predicted octanol–water partition coefficient (Wildman–Crippen LogP) is 3.31. The van der Waals surface area contributed by atoms with Crippen LogP contribution in [0.5, 0.6) is 11.5 Å². The van der Waals surface area contributed by atoms with E-state index in [4.69, 9.17) is 4.74 Å². The van der Waals surface area contributed by atoms with Gasteiger partial charge in [0, 0.05) is 30.1 Å². The SMILES string of the molecule is COc1cc(C(C)NCC(C)c2nccs2)ccc1O. The number of phenolic OH excluding ortho intramolecular Hbond substituents is 1. The summed E-state index contributed by atoms with van der Waals surface area (Å²) in [5.41, 5.74) is 1.09. The van der Waals surface area contributed by atoms with Crippen molar-refractivity contribution in [2.24, 2.45) is 0 Å². The quantitative estimate of drug-likeness (QED) is 0.857. The van der Waals surface area contributed by atoms with Crippen LogP contribution in [0.25, 0.3) is 0 Å². The molecule has 0 radical (unpaired) electrons. The van der Waals surface area contributed by atoms with Crippen LogP contribution < -0.4 is 10.1 Å². The Bertz CT molecular complexity index is 543. The van der Waals surface area contributed by atoms with E-state index in [-0.39, 0.29) is 11.8 Å². The van der Waals surface area contributed by atoms with Gasteiger partial charge in [-0.1, -0.05) is 13.0 Å². The molecule has 4 nitrogen and oxygen atoms in total. The lowest BCUT2D eigenvalue weighted by molar-refractivity contribution is 0.372. The molecule has 2 rings (SSSR count). The Balaban J connectivity index is 1.96. The van der Waals surface area contributed by atoms with Crippen LogP contribution >= 0.6 is 11.3 Å². The maximum Gasteiger partial charge on any atom is 0.160 e. The second-order valence-electron chi connectivity index (χ2n) is 4.83. The Kier molecular flexibility index (Phi) is 4.98. The summed E-state index contributed by atoms with van der Waals surface area (Å²) in [5.74, 6) is 1.06. The molecule has 1 heterocycles. The average molecular weight is 292 g/mol. The number of hydrogen-bond acceptors (Lipinski definition) is 5. The van der Waals surface area contributed by atoms with Gasteiger partial charge in [-0.2, -0.15) is 0 Å². The highest BCUT2D eigenvalue weighted by atomic mass is 32.1. The highest BCUT2D eigenvalue weighted by Gasteiger charge is 2.12. The molecule has 0 saturated carbocycles. The molecular formula is C15H20N2O2S. The summed E-state index contributed by atoms with van der Waals surface area (Å²) in [6.07, 6.45) is 1.84. The number of rotatable bonds is 6. The molecule has 0 spiro atoms. The van der Waals surface area contributed by atoms with Crippen LogP contribution in [0.3, 0.4) is 0 Å². The summed E-state index contributed by atoms with van der Waals surface area (Å²) in [6, 6.07) is 5.62. The third kappa shape index (κ3) is 3.49. The van der Waals surface area contributed by atoms with Gasteiger partial charge in [0.25, 0.3) is 0 Å². The molecule has 0 aliphatic heterocycles. The van der Waals surface area contributed by atoms with Gasteiger partial charge >= 0.3 is 0 Å². The number of aromatic nitrogens is 1. The smallest absolute Gasteiger partial charge is 0.160 e. The van der Waals surface area contributed by atoms with Crippen LogP contribution in [0, 0.1) is 0 Å². The lowest BCUT2D eigenvalue weighted by atomic mass is 10.1. The van der Waals surface area contributed by atoms with Crippen LogP contribution in [-0.2, 0) is 0 Å². The van der Waals surface area contributed by atoms with Gasteiger partial charge in [-0.3, -0.25) is 0 Å². The molecule has 5 heteroatoms.